The first-order valence-corrected chi connectivity index (χ1v) is 10.1. The number of rotatable bonds is 8. The van der Waals surface area contributed by atoms with Crippen LogP contribution in [0, 0.1) is 0 Å². The van der Waals surface area contributed by atoms with Crippen molar-refractivity contribution in [3.05, 3.63) is 0 Å². The Labute approximate surface area is 177 Å². The summed E-state index contributed by atoms with van der Waals surface area (Å²) < 4.78 is 6.01. The van der Waals surface area contributed by atoms with Gasteiger partial charge in [-0.05, 0) is 54.0 Å². The predicted octanol–water partition coefficient (Wildman–Crippen LogP) is 2.14. The summed E-state index contributed by atoms with van der Waals surface area (Å²) in [5.41, 5.74) is 0. The summed E-state index contributed by atoms with van der Waals surface area (Å²) in [6.45, 7) is 17.8. The highest BCUT2D eigenvalue weighted by molar-refractivity contribution is 14.0. The van der Waals surface area contributed by atoms with Crippen molar-refractivity contribution < 1.29 is 4.74 Å². The molecule has 2 unspecified atom stereocenters. The van der Waals surface area contributed by atoms with Crippen molar-refractivity contribution in [2.24, 2.45) is 4.99 Å². The van der Waals surface area contributed by atoms with Gasteiger partial charge >= 0.3 is 0 Å². The molecule has 2 aliphatic heterocycles. The van der Waals surface area contributed by atoms with Crippen LogP contribution in [0.4, 0.5) is 0 Å². The maximum atomic E-state index is 6.01. The van der Waals surface area contributed by atoms with E-state index in [0.29, 0.717) is 18.1 Å². The molecule has 0 aromatic heterocycles. The third-order valence-corrected chi connectivity index (χ3v) is 5.25. The molecule has 2 fully saturated rings. The van der Waals surface area contributed by atoms with Gasteiger partial charge in [-0.3, -0.25) is 14.8 Å². The van der Waals surface area contributed by atoms with Gasteiger partial charge in [0, 0.05) is 44.3 Å². The van der Waals surface area contributed by atoms with E-state index in [1.54, 1.807) is 0 Å². The van der Waals surface area contributed by atoms with Crippen molar-refractivity contribution in [1.29, 1.82) is 0 Å². The van der Waals surface area contributed by atoms with Gasteiger partial charge in [0.15, 0.2) is 5.96 Å². The second-order valence-electron chi connectivity index (χ2n) is 7.82. The number of nitrogens with one attached hydrogen (secondary N) is 2. The zero-order valence-corrected chi connectivity index (χ0v) is 19.7. The molecular weight excluding hydrogens is 441 g/mol. The molecule has 154 valence electrons. The number of halogens is 1. The topological polar surface area (TPSA) is 52.1 Å². The fraction of sp³-hybridized carbons (Fsp3) is 0.947. The number of hydrogen-bond acceptors (Lipinski definition) is 4. The highest BCUT2D eigenvalue weighted by Crippen LogP contribution is 2.22. The zero-order chi connectivity index (χ0) is 18.2. The van der Waals surface area contributed by atoms with Gasteiger partial charge in [-0.15, -0.1) is 24.0 Å². The van der Waals surface area contributed by atoms with E-state index in [1.165, 1.54) is 19.4 Å². The number of hydrogen-bond donors (Lipinski definition) is 2. The Hall–Kier alpha value is -0.120. The van der Waals surface area contributed by atoms with Gasteiger partial charge in [-0.25, -0.2) is 0 Å². The van der Waals surface area contributed by atoms with E-state index in [4.69, 9.17) is 9.73 Å². The van der Waals surface area contributed by atoms with Gasteiger partial charge in [0.05, 0.1) is 19.3 Å². The first-order valence-electron chi connectivity index (χ1n) is 10.1. The summed E-state index contributed by atoms with van der Waals surface area (Å²) in [5.74, 6) is 0.905. The minimum absolute atomic E-state index is 0. The summed E-state index contributed by atoms with van der Waals surface area (Å²) in [4.78, 5) is 9.83. The third-order valence-electron chi connectivity index (χ3n) is 5.25. The Kier molecular flexibility index (Phi) is 11.4. The number of aliphatic imine (C=N–C) groups is 1. The fourth-order valence-electron chi connectivity index (χ4n) is 3.95. The lowest BCUT2D eigenvalue weighted by Gasteiger charge is -2.34. The molecule has 2 aliphatic rings. The van der Waals surface area contributed by atoms with Gasteiger partial charge in [-0.1, -0.05) is 0 Å². The predicted molar refractivity (Wildman–Crippen MR) is 121 cm³/mol. The summed E-state index contributed by atoms with van der Waals surface area (Å²) in [7, 11) is 0. The van der Waals surface area contributed by atoms with Crippen LogP contribution in [0.5, 0.6) is 0 Å². The van der Waals surface area contributed by atoms with Crippen LogP contribution >= 0.6 is 24.0 Å². The normalized spacial score (nSPS) is 24.1. The molecule has 0 amide bonds. The number of guanidine groups is 1. The average molecular weight is 481 g/mol. The van der Waals surface area contributed by atoms with Crippen LogP contribution < -0.4 is 10.6 Å². The van der Waals surface area contributed by atoms with E-state index >= 15 is 0 Å². The zero-order valence-electron chi connectivity index (χ0n) is 17.3. The molecule has 0 bridgehead atoms. The smallest absolute Gasteiger partial charge is 0.191 e. The van der Waals surface area contributed by atoms with E-state index in [0.717, 1.165) is 45.3 Å². The standard InChI is InChI=1S/C19H39N5O.HI/c1-6-20-19(21-9-11-24(15(2)3)16(4)5)22-12-18-13-23-10-7-8-17(23)14-25-18;/h15-18H,6-14H2,1-5H3,(H2,20,21,22);1H. The monoisotopic (exact) mass is 481 g/mol. The molecule has 0 spiro atoms. The maximum Gasteiger partial charge on any atom is 0.191 e. The first-order chi connectivity index (χ1) is 12.0. The molecule has 7 heteroatoms. The first kappa shape index (κ1) is 23.9. The lowest BCUT2D eigenvalue weighted by atomic mass is 10.2. The van der Waals surface area contributed by atoms with Crippen LogP contribution in [-0.4, -0.2) is 85.9 Å². The molecule has 0 aromatic rings. The molecule has 2 saturated heterocycles. The van der Waals surface area contributed by atoms with Crippen molar-refractivity contribution in [2.45, 2.75) is 71.7 Å². The van der Waals surface area contributed by atoms with Crippen LogP contribution in [-0.2, 0) is 4.74 Å². The van der Waals surface area contributed by atoms with Gasteiger partial charge in [0.25, 0.3) is 0 Å². The van der Waals surface area contributed by atoms with Gasteiger partial charge in [-0.2, -0.15) is 0 Å². The Morgan fingerprint density at radius 1 is 1.23 bits per heavy atom. The molecule has 0 saturated carbocycles. The van der Waals surface area contributed by atoms with E-state index < -0.39 is 0 Å². The lowest BCUT2D eigenvalue weighted by molar-refractivity contribution is -0.0432. The van der Waals surface area contributed by atoms with Crippen molar-refractivity contribution in [1.82, 2.24) is 20.4 Å². The number of morpholine rings is 1. The summed E-state index contributed by atoms with van der Waals surface area (Å²) in [5, 5.41) is 6.83. The van der Waals surface area contributed by atoms with E-state index in [1.807, 2.05) is 0 Å². The number of nitrogens with zero attached hydrogens (tertiary/aromatic N) is 3. The van der Waals surface area contributed by atoms with E-state index in [-0.39, 0.29) is 30.1 Å². The third kappa shape index (κ3) is 7.48. The molecule has 6 nitrogen and oxygen atoms in total. The fourth-order valence-corrected chi connectivity index (χ4v) is 3.95. The number of ether oxygens (including phenoxy) is 1. The largest absolute Gasteiger partial charge is 0.373 e. The van der Waals surface area contributed by atoms with Crippen LogP contribution in [0.15, 0.2) is 4.99 Å². The van der Waals surface area contributed by atoms with E-state index in [2.05, 4.69) is 55.1 Å². The van der Waals surface area contributed by atoms with Gasteiger partial charge < -0.3 is 15.4 Å². The minimum Gasteiger partial charge on any atom is -0.373 e. The van der Waals surface area contributed by atoms with E-state index in [9.17, 15) is 0 Å². The van der Waals surface area contributed by atoms with Crippen LogP contribution in [0.1, 0.15) is 47.5 Å². The lowest BCUT2D eigenvalue weighted by Crippen LogP contribution is -2.48. The summed E-state index contributed by atoms with van der Waals surface area (Å²) in [6, 6.07) is 1.78. The SMILES string of the molecule is CCNC(=NCC1CN2CCCC2CO1)NCCN(C(C)C)C(C)C.I. The van der Waals surface area contributed by atoms with Crippen molar-refractivity contribution in [2.75, 3.05) is 45.9 Å². The summed E-state index contributed by atoms with van der Waals surface area (Å²) >= 11 is 0. The Balaban J connectivity index is 0.00000338. The van der Waals surface area contributed by atoms with Crippen molar-refractivity contribution in [3.8, 4) is 0 Å². The Morgan fingerprint density at radius 3 is 2.62 bits per heavy atom. The molecule has 2 rings (SSSR count). The van der Waals surface area contributed by atoms with Crippen molar-refractivity contribution in [3.63, 3.8) is 0 Å². The highest BCUT2D eigenvalue weighted by Gasteiger charge is 2.31. The second kappa shape index (κ2) is 12.4. The van der Waals surface area contributed by atoms with Crippen LogP contribution in [0.3, 0.4) is 0 Å². The van der Waals surface area contributed by atoms with Crippen molar-refractivity contribution >= 4 is 29.9 Å². The average Bonchev–Trinajstić information content (AvgIpc) is 3.03. The molecule has 2 heterocycles. The van der Waals surface area contributed by atoms with Crippen LogP contribution in [0.25, 0.3) is 0 Å². The molecular formula is C19H40IN5O. The molecule has 2 atom stereocenters. The Bertz CT molecular complexity index is 411. The van der Waals surface area contributed by atoms with Gasteiger partial charge in [0.1, 0.15) is 0 Å². The summed E-state index contributed by atoms with van der Waals surface area (Å²) in [6.07, 6.45) is 2.84. The molecule has 26 heavy (non-hydrogen) atoms. The Morgan fingerprint density at radius 2 is 1.96 bits per heavy atom. The molecule has 0 aliphatic carbocycles. The second-order valence-corrected chi connectivity index (χ2v) is 7.82. The quantitative estimate of drug-likeness (QED) is 0.316. The van der Waals surface area contributed by atoms with Crippen LogP contribution in [0.2, 0.25) is 0 Å². The molecule has 0 radical (unpaired) electrons. The molecule has 2 N–H and O–H groups in total. The molecule has 0 aromatic carbocycles. The van der Waals surface area contributed by atoms with Gasteiger partial charge in [0.2, 0.25) is 0 Å². The maximum absolute atomic E-state index is 6.01. The minimum atomic E-state index is 0. The highest BCUT2D eigenvalue weighted by atomic mass is 127. The number of fused-ring (bicyclic) bond motifs is 1.